The fourth-order valence-electron chi connectivity index (χ4n) is 1.46. The van der Waals surface area contributed by atoms with Crippen molar-refractivity contribution >= 4 is 17.7 Å². The molecule has 0 N–H and O–H groups in total. The maximum atomic E-state index is 10.8. The fourth-order valence-corrected chi connectivity index (χ4v) is 2.78. The first kappa shape index (κ1) is 15.2. The van der Waals surface area contributed by atoms with E-state index in [2.05, 4.69) is 0 Å². The highest BCUT2D eigenvalue weighted by atomic mass is 32.2. The Hall–Kier alpha value is -0.780. The lowest BCUT2D eigenvalue weighted by Crippen LogP contribution is -2.39. The van der Waals surface area contributed by atoms with Crippen LogP contribution in [0.3, 0.4) is 0 Å². The third-order valence-electron chi connectivity index (χ3n) is 2.42. The zero-order chi connectivity index (χ0) is 12.9. The minimum Gasteiger partial charge on any atom is -0.549 e. The molecule has 0 heterocycles. The average molecular weight is 248 g/mol. The summed E-state index contributed by atoms with van der Waals surface area (Å²) in [6, 6.07) is -0.751. The van der Waals surface area contributed by atoms with Crippen molar-refractivity contribution < 1.29 is 14.8 Å². The van der Waals surface area contributed by atoms with Crippen LogP contribution in [0.2, 0.25) is 0 Å². The van der Waals surface area contributed by atoms with Gasteiger partial charge >= 0.3 is 0 Å². The maximum Gasteiger partial charge on any atom is 0.222 e. The minimum atomic E-state index is -1.14. The average Bonchev–Trinajstić information content (AvgIpc) is 2.17. The monoisotopic (exact) mass is 248 g/mol. The van der Waals surface area contributed by atoms with Gasteiger partial charge in [0.1, 0.15) is 0 Å². The van der Waals surface area contributed by atoms with Gasteiger partial charge in [0.25, 0.3) is 0 Å². The van der Waals surface area contributed by atoms with Crippen LogP contribution in [0.25, 0.3) is 0 Å². The third kappa shape index (κ3) is 4.38. The molecular formula is C10H18NO4S-. The van der Waals surface area contributed by atoms with Gasteiger partial charge in [0.2, 0.25) is 6.04 Å². The van der Waals surface area contributed by atoms with E-state index in [-0.39, 0.29) is 16.1 Å². The molecule has 5 nitrogen and oxygen atoms in total. The van der Waals surface area contributed by atoms with Gasteiger partial charge in [-0.15, -0.1) is 11.8 Å². The van der Waals surface area contributed by atoms with E-state index in [0.717, 1.165) is 11.8 Å². The van der Waals surface area contributed by atoms with E-state index in [1.807, 2.05) is 13.8 Å². The van der Waals surface area contributed by atoms with E-state index in [1.165, 1.54) is 6.92 Å². The lowest BCUT2D eigenvalue weighted by molar-refractivity contribution is -0.518. The summed E-state index contributed by atoms with van der Waals surface area (Å²) in [6.07, 6.45) is 0.417. The smallest absolute Gasteiger partial charge is 0.222 e. The minimum absolute atomic E-state index is 0.0544. The summed E-state index contributed by atoms with van der Waals surface area (Å²) >= 11 is 1.14. The van der Waals surface area contributed by atoms with Crippen LogP contribution in [-0.2, 0) is 4.79 Å². The Morgan fingerprint density at radius 1 is 1.38 bits per heavy atom. The van der Waals surface area contributed by atoms with Crippen LogP contribution in [0.5, 0.6) is 0 Å². The molecule has 0 spiro atoms. The molecule has 6 heteroatoms. The highest BCUT2D eigenvalue weighted by Gasteiger charge is 2.32. The maximum absolute atomic E-state index is 10.8. The lowest BCUT2D eigenvalue weighted by Gasteiger charge is -2.26. The molecule has 0 aliphatic heterocycles. The second-order valence-corrected chi connectivity index (χ2v) is 5.47. The Balaban J connectivity index is 4.67. The number of hydrogen-bond donors (Lipinski definition) is 0. The van der Waals surface area contributed by atoms with Crippen LogP contribution >= 0.6 is 11.8 Å². The van der Waals surface area contributed by atoms with Gasteiger partial charge in [-0.2, -0.15) is 0 Å². The largest absolute Gasteiger partial charge is 0.549 e. The number of nitrogens with zero attached hydrogens (tertiary/aromatic N) is 1. The van der Waals surface area contributed by atoms with Crippen molar-refractivity contribution in [2.24, 2.45) is 5.92 Å². The van der Waals surface area contributed by atoms with Crippen molar-refractivity contribution in [3.05, 3.63) is 10.1 Å². The molecule has 0 bridgehead atoms. The predicted octanol–water partition coefficient (Wildman–Crippen LogP) is 0.938. The van der Waals surface area contributed by atoms with Crippen molar-refractivity contribution in [1.29, 1.82) is 0 Å². The number of thioether (sulfide) groups is 1. The molecule has 3 atom stereocenters. The number of rotatable bonds is 7. The fraction of sp³-hybridized carbons (Fsp3) is 0.900. The number of hydrogen-bond acceptors (Lipinski definition) is 5. The Morgan fingerprint density at radius 2 is 1.88 bits per heavy atom. The number of carboxylic acids is 1. The van der Waals surface area contributed by atoms with Crippen LogP contribution in [-0.4, -0.2) is 27.4 Å². The highest BCUT2D eigenvalue weighted by molar-refractivity contribution is 8.01. The van der Waals surface area contributed by atoms with Crippen LogP contribution in [0.1, 0.15) is 34.1 Å². The van der Waals surface area contributed by atoms with Crippen molar-refractivity contribution in [3.63, 3.8) is 0 Å². The van der Waals surface area contributed by atoms with Crippen molar-refractivity contribution in [3.8, 4) is 0 Å². The van der Waals surface area contributed by atoms with E-state index in [0.29, 0.717) is 6.42 Å². The van der Waals surface area contributed by atoms with Gasteiger partial charge in [-0.3, -0.25) is 10.1 Å². The van der Waals surface area contributed by atoms with E-state index in [9.17, 15) is 20.0 Å². The molecule has 0 rings (SSSR count). The van der Waals surface area contributed by atoms with Crippen LogP contribution in [0, 0.1) is 16.0 Å². The zero-order valence-corrected chi connectivity index (χ0v) is 10.8. The topological polar surface area (TPSA) is 83.3 Å². The van der Waals surface area contributed by atoms with Gasteiger partial charge < -0.3 is 9.90 Å². The van der Waals surface area contributed by atoms with Crippen molar-refractivity contribution in [2.45, 2.75) is 50.7 Å². The Morgan fingerprint density at radius 3 is 2.12 bits per heavy atom. The summed E-state index contributed by atoms with van der Waals surface area (Å²) in [6.45, 7) is 6.97. The van der Waals surface area contributed by atoms with Gasteiger partial charge in [-0.05, 0) is 12.3 Å². The first-order valence-corrected chi connectivity index (χ1v) is 6.25. The molecule has 0 saturated heterocycles. The van der Waals surface area contributed by atoms with Crippen LogP contribution < -0.4 is 5.11 Å². The first-order valence-electron chi connectivity index (χ1n) is 5.31. The van der Waals surface area contributed by atoms with E-state index < -0.39 is 17.3 Å². The summed E-state index contributed by atoms with van der Waals surface area (Å²) in [5.41, 5.74) is 0. The molecule has 94 valence electrons. The first-order chi connectivity index (χ1) is 7.31. The van der Waals surface area contributed by atoms with Crippen LogP contribution in [0.15, 0.2) is 0 Å². The van der Waals surface area contributed by atoms with Gasteiger partial charge in [0.15, 0.2) is 0 Å². The van der Waals surface area contributed by atoms with Gasteiger partial charge in [-0.1, -0.05) is 20.8 Å². The zero-order valence-electron chi connectivity index (χ0n) is 10.0. The number of carbonyl (C=O) groups is 1. The van der Waals surface area contributed by atoms with Gasteiger partial charge in [0.05, 0.1) is 11.2 Å². The Bertz CT molecular complexity index is 257. The number of carboxylic acid groups (broad SMARTS) is 1. The molecule has 16 heavy (non-hydrogen) atoms. The quantitative estimate of drug-likeness (QED) is 0.494. The number of nitro groups is 1. The standard InChI is InChI=1S/C10H19NO4S/c1-5-8(10(12)13)16-9(6(2)3)7(4)11(14)15/h6-9H,5H2,1-4H3,(H,12,13)/p-1. The summed E-state index contributed by atoms with van der Waals surface area (Å²) in [4.78, 5) is 21.1. The van der Waals surface area contributed by atoms with E-state index in [4.69, 9.17) is 0 Å². The SMILES string of the molecule is CCC(SC(C(C)C)C(C)[N+](=O)[O-])C(=O)[O-]. The summed E-state index contributed by atoms with van der Waals surface area (Å²) in [5.74, 6) is -1.09. The molecule has 0 aliphatic rings. The molecule has 0 radical (unpaired) electrons. The normalized spacial score (nSPS) is 16.8. The van der Waals surface area contributed by atoms with Gasteiger partial charge in [0, 0.05) is 17.1 Å². The molecular weight excluding hydrogens is 230 g/mol. The highest BCUT2D eigenvalue weighted by Crippen LogP contribution is 2.29. The Kier molecular flexibility index (Phi) is 6.40. The second-order valence-electron chi connectivity index (χ2n) is 4.09. The molecule has 0 aliphatic carbocycles. The Labute approximate surface area is 99.8 Å². The molecule has 0 aromatic rings. The number of carbonyl (C=O) groups excluding carboxylic acids is 1. The molecule has 3 unspecified atom stereocenters. The summed E-state index contributed by atoms with van der Waals surface area (Å²) in [7, 11) is 0. The third-order valence-corrected chi connectivity index (χ3v) is 4.53. The molecule has 0 fully saturated rings. The molecule has 0 saturated carbocycles. The second kappa shape index (κ2) is 6.73. The van der Waals surface area contributed by atoms with E-state index in [1.54, 1.807) is 6.92 Å². The molecule has 0 amide bonds. The summed E-state index contributed by atoms with van der Waals surface area (Å²) in [5, 5.41) is 20.5. The summed E-state index contributed by atoms with van der Waals surface area (Å²) < 4.78 is 0. The van der Waals surface area contributed by atoms with E-state index >= 15 is 0 Å². The number of aliphatic carboxylic acids is 1. The lowest BCUT2D eigenvalue weighted by atomic mass is 10.1. The van der Waals surface area contributed by atoms with Crippen molar-refractivity contribution in [2.75, 3.05) is 0 Å². The molecule has 0 aromatic carbocycles. The predicted molar refractivity (Wildman–Crippen MR) is 61.8 cm³/mol. The molecule has 0 aromatic heterocycles. The van der Waals surface area contributed by atoms with Crippen LogP contribution in [0.4, 0.5) is 0 Å². The van der Waals surface area contributed by atoms with Gasteiger partial charge in [-0.25, -0.2) is 0 Å². The van der Waals surface area contributed by atoms with Crippen molar-refractivity contribution in [1.82, 2.24) is 0 Å².